The molecule has 0 unspecified atom stereocenters. The number of rotatable bonds is 4. The molecule has 2 N–H and O–H groups in total. The van der Waals surface area contributed by atoms with E-state index >= 15 is 0 Å². The van der Waals surface area contributed by atoms with Crippen molar-refractivity contribution >= 4 is 0 Å². The Bertz CT molecular complexity index is 64.6. The second kappa shape index (κ2) is 11.9. The van der Waals surface area contributed by atoms with Crippen molar-refractivity contribution in [1.29, 1.82) is 0 Å². The van der Waals surface area contributed by atoms with E-state index in [1.807, 2.05) is 0 Å². The Morgan fingerprint density at radius 1 is 0.692 bits per heavy atom. The van der Waals surface area contributed by atoms with Crippen LogP contribution in [0.25, 0.3) is 0 Å². The SMILES string of the molecule is C1CNCCN1.CCCCCCC. The Kier molecular flexibility index (Phi) is 11.8. The van der Waals surface area contributed by atoms with E-state index in [-0.39, 0.29) is 0 Å². The molecule has 1 fully saturated rings. The summed E-state index contributed by atoms with van der Waals surface area (Å²) in [5.74, 6) is 0. The standard InChI is InChI=1S/C7H16.C4H10N2/c1-3-5-7-6-4-2;1-2-6-4-3-5-1/h3-7H2,1-2H3;5-6H,1-4H2. The van der Waals surface area contributed by atoms with Crippen LogP contribution in [-0.4, -0.2) is 26.2 Å². The van der Waals surface area contributed by atoms with Crippen LogP contribution in [0.3, 0.4) is 0 Å². The second-order valence-electron chi connectivity index (χ2n) is 3.56. The van der Waals surface area contributed by atoms with Crippen molar-refractivity contribution in [3.63, 3.8) is 0 Å². The van der Waals surface area contributed by atoms with Crippen molar-refractivity contribution < 1.29 is 0 Å². The Hall–Kier alpha value is -0.0800. The van der Waals surface area contributed by atoms with E-state index in [1.54, 1.807) is 0 Å². The normalized spacial score (nSPS) is 16.2. The molecule has 0 atom stereocenters. The van der Waals surface area contributed by atoms with Gasteiger partial charge in [-0.25, -0.2) is 0 Å². The van der Waals surface area contributed by atoms with Gasteiger partial charge in [0.15, 0.2) is 0 Å². The van der Waals surface area contributed by atoms with Gasteiger partial charge in [0.2, 0.25) is 0 Å². The summed E-state index contributed by atoms with van der Waals surface area (Å²) in [6, 6.07) is 0. The van der Waals surface area contributed by atoms with E-state index in [0.29, 0.717) is 0 Å². The Morgan fingerprint density at radius 2 is 1.08 bits per heavy atom. The molecule has 0 spiro atoms. The number of piperazine rings is 1. The van der Waals surface area contributed by atoms with E-state index in [0.717, 1.165) is 26.2 Å². The molecule has 1 aliphatic heterocycles. The maximum atomic E-state index is 3.22. The van der Waals surface area contributed by atoms with Crippen molar-refractivity contribution in [2.75, 3.05) is 26.2 Å². The van der Waals surface area contributed by atoms with Crippen LogP contribution in [0.5, 0.6) is 0 Å². The first-order chi connectivity index (χ1) is 6.41. The number of nitrogens with one attached hydrogen (secondary N) is 2. The second-order valence-corrected chi connectivity index (χ2v) is 3.56. The fourth-order valence-electron chi connectivity index (χ4n) is 1.28. The molecule has 0 aliphatic carbocycles. The maximum absolute atomic E-state index is 3.22. The summed E-state index contributed by atoms with van der Waals surface area (Å²) in [6.45, 7) is 9.05. The van der Waals surface area contributed by atoms with Crippen LogP contribution < -0.4 is 10.6 Å². The molecule has 0 bridgehead atoms. The average molecular weight is 186 g/mol. The lowest BCUT2D eigenvalue weighted by atomic mass is 10.2. The summed E-state index contributed by atoms with van der Waals surface area (Å²) in [6.07, 6.45) is 7.01. The first kappa shape index (κ1) is 12.9. The van der Waals surface area contributed by atoms with Crippen molar-refractivity contribution in [2.24, 2.45) is 0 Å². The summed E-state index contributed by atoms with van der Waals surface area (Å²) in [5.41, 5.74) is 0. The molecule has 1 aliphatic rings. The first-order valence-electron chi connectivity index (χ1n) is 5.83. The predicted octanol–water partition coefficient (Wildman–Crippen LogP) is 2.16. The average Bonchev–Trinajstić information content (AvgIpc) is 2.22. The highest BCUT2D eigenvalue weighted by Crippen LogP contribution is 2.00. The van der Waals surface area contributed by atoms with Crippen molar-refractivity contribution in [1.82, 2.24) is 10.6 Å². The molecule has 0 aromatic rings. The van der Waals surface area contributed by atoms with Crippen LogP contribution in [0.15, 0.2) is 0 Å². The fraction of sp³-hybridized carbons (Fsp3) is 1.00. The first-order valence-corrected chi connectivity index (χ1v) is 5.83. The van der Waals surface area contributed by atoms with Crippen LogP contribution in [-0.2, 0) is 0 Å². The third kappa shape index (κ3) is 11.9. The van der Waals surface area contributed by atoms with E-state index in [4.69, 9.17) is 0 Å². The Labute approximate surface area is 83.5 Å². The third-order valence-corrected chi connectivity index (χ3v) is 2.16. The minimum Gasteiger partial charge on any atom is -0.314 e. The van der Waals surface area contributed by atoms with E-state index in [9.17, 15) is 0 Å². The van der Waals surface area contributed by atoms with E-state index in [2.05, 4.69) is 24.5 Å². The monoisotopic (exact) mass is 186 g/mol. The van der Waals surface area contributed by atoms with Crippen LogP contribution in [0.1, 0.15) is 46.0 Å². The smallest absolute Gasteiger partial charge is 0.00772 e. The molecule has 1 heterocycles. The summed E-state index contributed by atoms with van der Waals surface area (Å²) in [4.78, 5) is 0. The van der Waals surface area contributed by atoms with Crippen LogP contribution >= 0.6 is 0 Å². The fourth-order valence-corrected chi connectivity index (χ4v) is 1.28. The van der Waals surface area contributed by atoms with Gasteiger partial charge >= 0.3 is 0 Å². The minimum atomic E-state index is 1.14. The van der Waals surface area contributed by atoms with Gasteiger partial charge in [-0.3, -0.25) is 0 Å². The van der Waals surface area contributed by atoms with Gasteiger partial charge in [-0.05, 0) is 0 Å². The molecule has 1 rings (SSSR count). The molecule has 0 amide bonds. The number of unbranched alkanes of at least 4 members (excludes halogenated alkanes) is 4. The van der Waals surface area contributed by atoms with E-state index < -0.39 is 0 Å². The highest BCUT2D eigenvalue weighted by molar-refractivity contribution is 4.59. The topological polar surface area (TPSA) is 24.1 Å². The highest BCUT2D eigenvalue weighted by atomic mass is 15.0. The largest absolute Gasteiger partial charge is 0.314 e. The molecule has 1 saturated heterocycles. The third-order valence-electron chi connectivity index (χ3n) is 2.16. The number of hydrogen-bond acceptors (Lipinski definition) is 2. The van der Waals surface area contributed by atoms with Gasteiger partial charge in [0.05, 0.1) is 0 Å². The quantitative estimate of drug-likeness (QED) is 0.657. The van der Waals surface area contributed by atoms with Crippen molar-refractivity contribution in [3.8, 4) is 0 Å². The lowest BCUT2D eigenvalue weighted by molar-refractivity contribution is 0.534. The summed E-state index contributed by atoms with van der Waals surface area (Å²) < 4.78 is 0. The van der Waals surface area contributed by atoms with Gasteiger partial charge in [0.1, 0.15) is 0 Å². The molecule has 2 nitrogen and oxygen atoms in total. The molecular formula is C11H26N2. The molecule has 80 valence electrons. The number of hydrogen-bond donors (Lipinski definition) is 2. The van der Waals surface area contributed by atoms with E-state index in [1.165, 1.54) is 32.1 Å². The van der Waals surface area contributed by atoms with Gasteiger partial charge in [-0.2, -0.15) is 0 Å². The molecular weight excluding hydrogens is 160 g/mol. The predicted molar refractivity (Wildman–Crippen MR) is 60.2 cm³/mol. The lowest BCUT2D eigenvalue weighted by Crippen LogP contribution is -2.39. The summed E-state index contributed by atoms with van der Waals surface area (Å²) in [5, 5.41) is 6.44. The molecule has 2 heteroatoms. The molecule has 0 radical (unpaired) electrons. The Morgan fingerprint density at radius 3 is 1.31 bits per heavy atom. The van der Waals surface area contributed by atoms with Gasteiger partial charge in [0.25, 0.3) is 0 Å². The minimum absolute atomic E-state index is 1.14. The van der Waals surface area contributed by atoms with Crippen LogP contribution in [0.4, 0.5) is 0 Å². The Balaban J connectivity index is 0.000000223. The maximum Gasteiger partial charge on any atom is 0.00772 e. The summed E-state index contributed by atoms with van der Waals surface area (Å²) in [7, 11) is 0. The molecule has 0 aromatic heterocycles. The molecule has 0 saturated carbocycles. The molecule has 0 aromatic carbocycles. The zero-order valence-corrected chi connectivity index (χ0v) is 9.36. The van der Waals surface area contributed by atoms with Gasteiger partial charge < -0.3 is 10.6 Å². The van der Waals surface area contributed by atoms with Gasteiger partial charge in [0, 0.05) is 26.2 Å². The van der Waals surface area contributed by atoms with Crippen LogP contribution in [0.2, 0.25) is 0 Å². The zero-order chi connectivity index (χ0) is 9.78. The van der Waals surface area contributed by atoms with Gasteiger partial charge in [-0.1, -0.05) is 46.0 Å². The molecule has 13 heavy (non-hydrogen) atoms. The zero-order valence-electron chi connectivity index (χ0n) is 9.36. The van der Waals surface area contributed by atoms with Gasteiger partial charge in [-0.15, -0.1) is 0 Å². The van der Waals surface area contributed by atoms with Crippen molar-refractivity contribution in [2.45, 2.75) is 46.0 Å². The summed E-state index contributed by atoms with van der Waals surface area (Å²) >= 11 is 0. The van der Waals surface area contributed by atoms with Crippen LogP contribution in [0, 0.1) is 0 Å². The highest BCUT2D eigenvalue weighted by Gasteiger charge is 1.91. The lowest BCUT2D eigenvalue weighted by Gasteiger charge is -2.11. The van der Waals surface area contributed by atoms with Crippen molar-refractivity contribution in [3.05, 3.63) is 0 Å².